The third-order valence-electron chi connectivity index (χ3n) is 6.20. The van der Waals surface area contributed by atoms with E-state index in [-0.39, 0.29) is 17.5 Å². The van der Waals surface area contributed by atoms with Gasteiger partial charge < -0.3 is 16.0 Å². The largest absolute Gasteiger partial charge is 0.371 e. The molecule has 2 atom stereocenters. The van der Waals surface area contributed by atoms with Crippen LogP contribution in [0.15, 0.2) is 48.5 Å². The highest BCUT2D eigenvalue weighted by molar-refractivity contribution is 7.80. The summed E-state index contributed by atoms with van der Waals surface area (Å²) in [6, 6.07) is 16.1. The predicted molar refractivity (Wildman–Crippen MR) is 129 cm³/mol. The molecule has 1 amide bonds. The van der Waals surface area contributed by atoms with E-state index in [2.05, 4.69) is 51.2 Å². The number of amides is 1. The Labute approximate surface area is 185 Å². The average Bonchev–Trinajstić information content (AvgIpc) is 2.65. The van der Waals surface area contributed by atoms with Crippen LogP contribution in [0.3, 0.4) is 0 Å². The van der Waals surface area contributed by atoms with E-state index in [9.17, 15) is 4.79 Å². The van der Waals surface area contributed by atoms with Gasteiger partial charge in [0.2, 0.25) is 5.91 Å². The molecule has 0 aromatic heterocycles. The van der Waals surface area contributed by atoms with Crippen LogP contribution in [0.1, 0.15) is 65.2 Å². The van der Waals surface area contributed by atoms with Gasteiger partial charge in [-0.05, 0) is 70.9 Å². The normalized spacial score (nSPS) is 22.9. The average molecular weight is 424 g/mol. The highest BCUT2D eigenvalue weighted by Crippen LogP contribution is 2.50. The van der Waals surface area contributed by atoms with E-state index < -0.39 is 11.0 Å². The first kappa shape index (κ1) is 22.4. The van der Waals surface area contributed by atoms with Crippen LogP contribution in [0.2, 0.25) is 0 Å². The van der Waals surface area contributed by atoms with Gasteiger partial charge in [0.05, 0.1) is 5.54 Å². The molecule has 0 fully saturated rings. The van der Waals surface area contributed by atoms with Crippen LogP contribution in [0.5, 0.6) is 0 Å². The van der Waals surface area contributed by atoms with Crippen molar-refractivity contribution in [3.05, 3.63) is 65.2 Å². The lowest BCUT2D eigenvalue weighted by atomic mass is 9.61. The molecule has 2 aromatic carbocycles. The quantitative estimate of drug-likeness (QED) is 0.697. The Hall–Kier alpha value is -2.24. The zero-order valence-electron chi connectivity index (χ0n) is 19.0. The molecule has 1 aliphatic heterocycles. The highest BCUT2D eigenvalue weighted by atomic mass is 32.1. The molecule has 1 aliphatic rings. The van der Waals surface area contributed by atoms with E-state index in [0.717, 1.165) is 22.4 Å². The molecule has 0 bridgehead atoms. The maximum Gasteiger partial charge on any atom is 0.224 e. The fourth-order valence-electron chi connectivity index (χ4n) is 4.72. The van der Waals surface area contributed by atoms with Crippen molar-refractivity contribution in [3.63, 3.8) is 0 Å². The molecule has 3 N–H and O–H groups in total. The van der Waals surface area contributed by atoms with Gasteiger partial charge in [-0.1, -0.05) is 42.5 Å². The van der Waals surface area contributed by atoms with E-state index in [1.807, 2.05) is 49.1 Å². The van der Waals surface area contributed by atoms with Crippen molar-refractivity contribution in [2.24, 2.45) is 5.73 Å². The maximum atomic E-state index is 12.7. The third-order valence-corrected chi connectivity index (χ3v) is 6.53. The number of nitrogens with two attached hydrogens (primary N) is 1. The number of rotatable bonds is 2. The Balaban J connectivity index is 2.29. The highest BCUT2D eigenvalue weighted by Gasteiger charge is 2.53. The first-order chi connectivity index (χ1) is 13.8. The SMILES string of the molecule is CC(=O)N1c2ccc(C(=S)NC(C)(C)C)cc2C(C)(c2ccccc2)C(N)C1(C)C. The number of carbonyl (C=O) groups is 1. The zero-order valence-corrected chi connectivity index (χ0v) is 19.9. The molecule has 0 aliphatic carbocycles. The van der Waals surface area contributed by atoms with E-state index >= 15 is 0 Å². The van der Waals surface area contributed by atoms with Crippen molar-refractivity contribution in [2.75, 3.05) is 4.90 Å². The minimum atomic E-state index is -0.560. The first-order valence-corrected chi connectivity index (χ1v) is 10.8. The van der Waals surface area contributed by atoms with Gasteiger partial charge in [-0.15, -0.1) is 0 Å². The maximum absolute atomic E-state index is 12.7. The van der Waals surface area contributed by atoms with Crippen LogP contribution in [-0.4, -0.2) is 28.0 Å². The molecule has 5 heteroatoms. The van der Waals surface area contributed by atoms with Crippen LogP contribution in [0, 0.1) is 0 Å². The van der Waals surface area contributed by atoms with Crippen LogP contribution < -0.4 is 16.0 Å². The van der Waals surface area contributed by atoms with Crippen molar-refractivity contribution in [1.29, 1.82) is 0 Å². The number of carbonyl (C=O) groups excluding carboxylic acids is 1. The monoisotopic (exact) mass is 423 g/mol. The summed E-state index contributed by atoms with van der Waals surface area (Å²) in [6.07, 6.45) is 0. The number of thiocarbonyl (C=S) groups is 1. The molecule has 4 nitrogen and oxygen atoms in total. The molecule has 0 spiro atoms. The fraction of sp³-hybridized carbons (Fsp3) is 0.440. The molecule has 0 saturated heterocycles. The molecule has 160 valence electrons. The molecule has 0 radical (unpaired) electrons. The minimum absolute atomic E-state index is 0.0186. The zero-order chi connectivity index (χ0) is 22.5. The van der Waals surface area contributed by atoms with Crippen LogP contribution in [-0.2, 0) is 10.2 Å². The summed E-state index contributed by atoms with van der Waals surface area (Å²) in [5.41, 5.74) is 9.73. The Morgan fingerprint density at radius 2 is 1.70 bits per heavy atom. The van der Waals surface area contributed by atoms with Gasteiger partial charge in [-0.25, -0.2) is 0 Å². The molecular weight excluding hydrogens is 390 g/mol. The molecular formula is C25H33N3OS. The van der Waals surface area contributed by atoms with Crippen molar-refractivity contribution >= 4 is 28.8 Å². The van der Waals surface area contributed by atoms with Gasteiger partial charge in [-0.2, -0.15) is 0 Å². The van der Waals surface area contributed by atoms with Gasteiger partial charge in [0.25, 0.3) is 0 Å². The van der Waals surface area contributed by atoms with Crippen molar-refractivity contribution in [2.45, 2.75) is 71.0 Å². The van der Waals surface area contributed by atoms with Crippen LogP contribution in [0.25, 0.3) is 0 Å². The van der Waals surface area contributed by atoms with Crippen molar-refractivity contribution in [1.82, 2.24) is 5.32 Å². The van der Waals surface area contributed by atoms with Crippen molar-refractivity contribution < 1.29 is 4.79 Å². The second-order valence-electron chi connectivity index (χ2n) is 9.99. The van der Waals surface area contributed by atoms with Crippen molar-refractivity contribution in [3.8, 4) is 0 Å². The topological polar surface area (TPSA) is 58.4 Å². The standard InChI is InChI=1S/C25H33N3OS/c1-16(29)28-20-14-13-17(21(30)27-23(2,3)4)15-19(20)25(7,22(26)24(28,5)6)18-11-9-8-10-12-18/h8-15,22H,26H2,1-7H3,(H,27,30). The number of nitrogens with zero attached hydrogens (tertiary/aromatic N) is 1. The number of benzene rings is 2. The smallest absolute Gasteiger partial charge is 0.224 e. The number of hydrogen-bond donors (Lipinski definition) is 2. The van der Waals surface area contributed by atoms with Gasteiger partial charge in [0.15, 0.2) is 0 Å². The second kappa shape index (κ2) is 7.47. The van der Waals surface area contributed by atoms with Crippen LogP contribution in [0.4, 0.5) is 5.69 Å². The van der Waals surface area contributed by atoms with Gasteiger partial charge in [0, 0.05) is 35.2 Å². The number of fused-ring (bicyclic) bond motifs is 1. The van der Waals surface area contributed by atoms with Gasteiger partial charge >= 0.3 is 0 Å². The Morgan fingerprint density at radius 1 is 1.10 bits per heavy atom. The summed E-state index contributed by atoms with van der Waals surface area (Å²) in [7, 11) is 0. The first-order valence-electron chi connectivity index (χ1n) is 10.4. The van der Waals surface area contributed by atoms with E-state index in [4.69, 9.17) is 18.0 Å². The molecule has 3 rings (SSSR count). The lowest BCUT2D eigenvalue weighted by Gasteiger charge is -2.55. The molecule has 2 unspecified atom stereocenters. The second-order valence-corrected chi connectivity index (χ2v) is 10.4. The van der Waals surface area contributed by atoms with E-state index in [1.165, 1.54) is 0 Å². The lowest BCUT2D eigenvalue weighted by Crippen LogP contribution is -2.68. The fourth-order valence-corrected chi connectivity index (χ4v) is 5.15. The van der Waals surface area contributed by atoms with Gasteiger partial charge in [-0.3, -0.25) is 4.79 Å². The molecule has 2 aromatic rings. The minimum Gasteiger partial charge on any atom is -0.371 e. The Kier molecular flexibility index (Phi) is 5.59. The van der Waals surface area contributed by atoms with Gasteiger partial charge in [0.1, 0.15) is 4.99 Å². The summed E-state index contributed by atoms with van der Waals surface area (Å²) in [6.45, 7) is 14.1. The summed E-state index contributed by atoms with van der Waals surface area (Å²) in [5, 5.41) is 3.39. The Morgan fingerprint density at radius 3 is 2.23 bits per heavy atom. The van der Waals surface area contributed by atoms with E-state index in [0.29, 0.717) is 4.99 Å². The molecule has 30 heavy (non-hydrogen) atoms. The summed E-state index contributed by atoms with van der Waals surface area (Å²) in [5.74, 6) is -0.0186. The number of hydrogen-bond acceptors (Lipinski definition) is 3. The summed E-state index contributed by atoms with van der Waals surface area (Å²) < 4.78 is 0. The summed E-state index contributed by atoms with van der Waals surface area (Å²) >= 11 is 5.70. The third kappa shape index (κ3) is 3.65. The Bertz CT molecular complexity index is 978. The molecule has 0 saturated carbocycles. The summed E-state index contributed by atoms with van der Waals surface area (Å²) in [4.78, 5) is 15.2. The molecule has 1 heterocycles. The lowest BCUT2D eigenvalue weighted by molar-refractivity contribution is -0.118. The van der Waals surface area contributed by atoms with E-state index in [1.54, 1.807) is 6.92 Å². The van der Waals surface area contributed by atoms with Crippen LogP contribution >= 0.6 is 12.2 Å². The predicted octanol–water partition coefficient (Wildman–Crippen LogP) is 4.53. The number of anilines is 1. The number of nitrogens with one attached hydrogen (secondary N) is 1.